The standard InChI is InChI=1S/C23H29N9O/c1-30-9-11-31(12-10-30)16-5-6-17(24-13-16)27-22-26-15-32-20(28-22)18-19(29-32)21(33)25-14-23(18)7-3-2-4-8-23/h5-6,13,15H,2-4,7-12,14H2,1H3,(H,25,33)(H,24,27,28). The highest BCUT2D eigenvalue weighted by Crippen LogP contribution is 2.43. The van der Waals surface area contributed by atoms with Crippen molar-refractivity contribution in [1.82, 2.24) is 34.8 Å². The lowest BCUT2D eigenvalue weighted by Gasteiger charge is -2.39. The van der Waals surface area contributed by atoms with Crippen molar-refractivity contribution in [2.24, 2.45) is 0 Å². The van der Waals surface area contributed by atoms with E-state index in [0.29, 0.717) is 29.7 Å². The average Bonchev–Trinajstić information content (AvgIpc) is 3.24. The molecule has 3 aromatic rings. The number of aromatic nitrogens is 5. The second kappa shape index (κ2) is 7.95. The van der Waals surface area contributed by atoms with Crippen LogP contribution in [0.15, 0.2) is 24.7 Å². The Morgan fingerprint density at radius 1 is 1.06 bits per heavy atom. The van der Waals surface area contributed by atoms with Crippen LogP contribution in [0.5, 0.6) is 0 Å². The Bertz CT molecular complexity index is 1170. The van der Waals surface area contributed by atoms with Gasteiger partial charge in [0.2, 0.25) is 5.95 Å². The van der Waals surface area contributed by atoms with Crippen LogP contribution in [-0.4, -0.2) is 75.1 Å². The summed E-state index contributed by atoms with van der Waals surface area (Å²) in [6, 6.07) is 4.05. The third-order valence-electron chi connectivity index (χ3n) is 7.39. The minimum Gasteiger partial charge on any atom is -0.368 e. The van der Waals surface area contributed by atoms with E-state index in [9.17, 15) is 4.79 Å². The van der Waals surface area contributed by atoms with Gasteiger partial charge in [-0.05, 0) is 32.0 Å². The van der Waals surface area contributed by atoms with Gasteiger partial charge in [-0.1, -0.05) is 19.3 Å². The number of anilines is 3. The van der Waals surface area contributed by atoms with Gasteiger partial charge in [0.05, 0.1) is 11.9 Å². The van der Waals surface area contributed by atoms with Gasteiger partial charge in [0, 0.05) is 43.7 Å². The molecule has 0 unspecified atom stereocenters. The molecule has 0 atom stereocenters. The number of rotatable bonds is 3. The molecule has 6 rings (SSSR count). The Balaban J connectivity index is 1.29. The number of hydrogen-bond donors (Lipinski definition) is 2. The van der Waals surface area contributed by atoms with E-state index in [4.69, 9.17) is 4.98 Å². The van der Waals surface area contributed by atoms with Crippen molar-refractivity contribution in [2.75, 3.05) is 50.0 Å². The van der Waals surface area contributed by atoms with Gasteiger partial charge in [-0.3, -0.25) is 4.79 Å². The Labute approximate surface area is 192 Å². The summed E-state index contributed by atoms with van der Waals surface area (Å²) in [5.74, 6) is 1.03. The maximum atomic E-state index is 12.6. The molecule has 1 saturated carbocycles. The van der Waals surface area contributed by atoms with Crippen LogP contribution in [0.3, 0.4) is 0 Å². The first-order valence-electron chi connectivity index (χ1n) is 11.8. The van der Waals surface area contributed by atoms with Crippen molar-refractivity contribution in [3.8, 4) is 0 Å². The monoisotopic (exact) mass is 447 g/mol. The summed E-state index contributed by atoms with van der Waals surface area (Å²) in [4.78, 5) is 31.1. The number of carbonyl (C=O) groups is 1. The number of nitrogens with zero attached hydrogens (tertiary/aromatic N) is 7. The zero-order chi connectivity index (χ0) is 22.4. The van der Waals surface area contributed by atoms with E-state index in [1.54, 1.807) is 10.8 Å². The van der Waals surface area contributed by atoms with Crippen molar-refractivity contribution < 1.29 is 4.79 Å². The van der Waals surface area contributed by atoms with Crippen LogP contribution in [0.2, 0.25) is 0 Å². The second-order valence-electron chi connectivity index (χ2n) is 9.51. The molecule has 33 heavy (non-hydrogen) atoms. The van der Waals surface area contributed by atoms with Gasteiger partial charge in [0.15, 0.2) is 11.3 Å². The number of amides is 1. The van der Waals surface area contributed by atoms with E-state index >= 15 is 0 Å². The van der Waals surface area contributed by atoms with Crippen LogP contribution in [0, 0.1) is 0 Å². The van der Waals surface area contributed by atoms with E-state index in [1.165, 1.54) is 6.42 Å². The van der Waals surface area contributed by atoms with Crippen molar-refractivity contribution in [3.63, 3.8) is 0 Å². The van der Waals surface area contributed by atoms with Crippen molar-refractivity contribution in [3.05, 3.63) is 35.9 Å². The number of pyridine rings is 1. The van der Waals surface area contributed by atoms with Gasteiger partial charge in [-0.2, -0.15) is 10.1 Å². The van der Waals surface area contributed by atoms with Crippen LogP contribution in [-0.2, 0) is 5.41 Å². The topological polar surface area (TPSA) is 104 Å². The van der Waals surface area contributed by atoms with Gasteiger partial charge >= 0.3 is 0 Å². The molecule has 10 heteroatoms. The Morgan fingerprint density at radius 2 is 1.88 bits per heavy atom. The Morgan fingerprint density at radius 3 is 2.64 bits per heavy atom. The number of carbonyl (C=O) groups excluding carboxylic acids is 1. The summed E-state index contributed by atoms with van der Waals surface area (Å²) in [5.41, 5.74) is 3.23. The van der Waals surface area contributed by atoms with Crippen molar-refractivity contribution >= 4 is 29.0 Å². The van der Waals surface area contributed by atoms with E-state index in [-0.39, 0.29) is 11.3 Å². The average molecular weight is 448 g/mol. The largest absolute Gasteiger partial charge is 0.368 e. The molecule has 2 aliphatic heterocycles. The summed E-state index contributed by atoms with van der Waals surface area (Å²) < 4.78 is 1.64. The Hall–Kier alpha value is -3.27. The molecule has 172 valence electrons. The fraction of sp³-hybridized carbons (Fsp3) is 0.522. The first kappa shape index (κ1) is 20.3. The number of likely N-dealkylation sites (N-methyl/N-ethyl adjacent to an activating group) is 1. The zero-order valence-corrected chi connectivity index (χ0v) is 18.9. The SMILES string of the molecule is CN1CCN(c2ccc(Nc3ncn4nc5c(c4n3)C3(CCCCC3)CNC5=O)nc2)CC1. The first-order valence-corrected chi connectivity index (χ1v) is 11.8. The lowest BCUT2D eigenvalue weighted by Crippen LogP contribution is -2.47. The van der Waals surface area contributed by atoms with Crippen molar-refractivity contribution in [1.29, 1.82) is 0 Å². The van der Waals surface area contributed by atoms with Crippen LogP contribution < -0.4 is 15.5 Å². The summed E-state index contributed by atoms with van der Waals surface area (Å²) in [6.07, 6.45) is 9.17. The quantitative estimate of drug-likeness (QED) is 0.628. The molecule has 0 aromatic carbocycles. The summed E-state index contributed by atoms with van der Waals surface area (Å²) in [5, 5.41) is 10.8. The normalized spacial score (nSPS) is 20.6. The molecule has 3 aliphatic rings. The van der Waals surface area contributed by atoms with E-state index in [2.05, 4.69) is 48.6 Å². The van der Waals surface area contributed by atoms with E-state index in [0.717, 1.165) is 63.1 Å². The third-order valence-corrected chi connectivity index (χ3v) is 7.39. The van der Waals surface area contributed by atoms with Crippen molar-refractivity contribution in [2.45, 2.75) is 37.5 Å². The van der Waals surface area contributed by atoms with Gasteiger partial charge in [0.25, 0.3) is 5.91 Å². The Kier molecular flexibility index (Phi) is 4.90. The van der Waals surface area contributed by atoms with Gasteiger partial charge in [-0.25, -0.2) is 14.5 Å². The first-order chi connectivity index (χ1) is 16.1. The maximum Gasteiger partial charge on any atom is 0.272 e. The number of hydrogen-bond acceptors (Lipinski definition) is 8. The van der Waals surface area contributed by atoms with Crippen LogP contribution in [0.4, 0.5) is 17.5 Å². The van der Waals surface area contributed by atoms with E-state index in [1.807, 2.05) is 12.3 Å². The summed E-state index contributed by atoms with van der Waals surface area (Å²) >= 11 is 0. The third kappa shape index (κ3) is 3.58. The predicted molar refractivity (Wildman–Crippen MR) is 125 cm³/mol. The highest BCUT2D eigenvalue weighted by Gasteiger charge is 2.44. The van der Waals surface area contributed by atoms with E-state index < -0.39 is 0 Å². The van der Waals surface area contributed by atoms with Gasteiger partial charge in [-0.15, -0.1) is 0 Å². The molecule has 1 saturated heterocycles. The fourth-order valence-electron chi connectivity index (χ4n) is 5.46. The summed E-state index contributed by atoms with van der Waals surface area (Å²) in [7, 11) is 2.15. The molecule has 0 bridgehead atoms. The number of piperazine rings is 1. The summed E-state index contributed by atoms with van der Waals surface area (Å²) in [6.45, 7) is 4.78. The molecule has 2 N–H and O–H groups in total. The van der Waals surface area contributed by atoms with Crippen LogP contribution in [0.25, 0.3) is 5.65 Å². The molecule has 1 amide bonds. The number of fused-ring (bicyclic) bond motifs is 4. The van der Waals surface area contributed by atoms with Crippen LogP contribution in [0.1, 0.15) is 48.2 Å². The highest BCUT2D eigenvalue weighted by molar-refractivity contribution is 5.97. The molecule has 1 aliphatic carbocycles. The molecule has 5 heterocycles. The minimum atomic E-state index is -0.123. The second-order valence-corrected chi connectivity index (χ2v) is 9.51. The zero-order valence-electron chi connectivity index (χ0n) is 18.9. The molecule has 10 nitrogen and oxygen atoms in total. The molecular formula is C23H29N9O. The molecular weight excluding hydrogens is 418 g/mol. The van der Waals surface area contributed by atoms with Crippen LogP contribution >= 0.6 is 0 Å². The fourth-order valence-corrected chi connectivity index (χ4v) is 5.46. The lowest BCUT2D eigenvalue weighted by molar-refractivity contribution is 0.0907. The molecule has 2 fully saturated rings. The smallest absolute Gasteiger partial charge is 0.272 e. The molecule has 1 spiro atoms. The number of nitrogens with one attached hydrogen (secondary N) is 2. The van der Waals surface area contributed by atoms with Gasteiger partial charge in [0.1, 0.15) is 12.1 Å². The predicted octanol–water partition coefficient (Wildman–Crippen LogP) is 1.96. The van der Waals surface area contributed by atoms with Gasteiger partial charge < -0.3 is 20.4 Å². The minimum absolute atomic E-state index is 0.0860. The molecule has 0 radical (unpaired) electrons. The lowest BCUT2D eigenvalue weighted by atomic mass is 9.68. The highest BCUT2D eigenvalue weighted by atomic mass is 16.2. The molecule has 3 aromatic heterocycles. The maximum absolute atomic E-state index is 12.6.